The summed E-state index contributed by atoms with van der Waals surface area (Å²) < 4.78 is 5.46. The van der Waals surface area contributed by atoms with Gasteiger partial charge in [-0.1, -0.05) is 0 Å². The highest BCUT2D eigenvalue weighted by Gasteiger charge is 2.19. The third kappa shape index (κ3) is 2.73. The maximum atomic E-state index is 12.1. The van der Waals surface area contributed by atoms with Crippen molar-refractivity contribution in [2.75, 3.05) is 18.5 Å². The highest BCUT2D eigenvalue weighted by atomic mass is 32.1. The summed E-state index contributed by atoms with van der Waals surface area (Å²) in [6.07, 6.45) is 2.15. The van der Waals surface area contributed by atoms with Crippen molar-refractivity contribution >= 4 is 23.1 Å². The first kappa shape index (κ1) is 13.3. The third-order valence-corrected chi connectivity index (χ3v) is 4.32. The summed E-state index contributed by atoms with van der Waals surface area (Å²) in [5.74, 6) is 0.721. The van der Waals surface area contributed by atoms with Crippen LogP contribution in [0.5, 0.6) is 0 Å². The Morgan fingerprint density at radius 1 is 1.60 bits per heavy atom. The number of amides is 1. The maximum Gasteiger partial charge on any atom is 0.268 e. The number of anilines is 1. The molecule has 1 saturated heterocycles. The van der Waals surface area contributed by atoms with Crippen LogP contribution in [0.4, 0.5) is 5.82 Å². The van der Waals surface area contributed by atoms with Gasteiger partial charge in [0.05, 0.1) is 17.8 Å². The Morgan fingerprint density at radius 2 is 2.50 bits per heavy atom. The molecule has 106 valence electrons. The first-order chi connectivity index (χ1) is 9.74. The average molecular weight is 292 g/mol. The molecule has 3 heterocycles. The average Bonchev–Trinajstić information content (AvgIpc) is 3.09. The van der Waals surface area contributed by atoms with Crippen molar-refractivity contribution in [3.63, 3.8) is 0 Å². The molecule has 7 heteroatoms. The Morgan fingerprint density at radius 3 is 3.20 bits per heavy atom. The molecule has 0 spiro atoms. The quantitative estimate of drug-likeness (QED) is 0.910. The molecule has 0 saturated carbocycles. The van der Waals surface area contributed by atoms with Gasteiger partial charge in [0.1, 0.15) is 4.88 Å². The van der Waals surface area contributed by atoms with E-state index in [2.05, 4.69) is 20.5 Å². The number of ether oxygens (including phenoxy) is 1. The molecule has 2 aromatic rings. The van der Waals surface area contributed by atoms with Gasteiger partial charge in [-0.2, -0.15) is 5.10 Å². The summed E-state index contributed by atoms with van der Waals surface area (Å²) in [6.45, 7) is 3.36. The van der Waals surface area contributed by atoms with Gasteiger partial charge in [0, 0.05) is 24.3 Å². The molecule has 0 radical (unpaired) electrons. The van der Waals surface area contributed by atoms with Crippen LogP contribution < -0.4 is 5.32 Å². The molecule has 1 atom stereocenters. The number of H-pyrrole nitrogens is 1. The molecule has 3 rings (SSSR count). The number of hydrogen-bond acceptors (Lipinski definition) is 5. The van der Waals surface area contributed by atoms with E-state index >= 15 is 0 Å². The molecule has 1 unspecified atom stereocenters. The number of rotatable bonds is 3. The lowest BCUT2D eigenvalue weighted by Crippen LogP contribution is -2.15. The second-order valence-corrected chi connectivity index (χ2v) is 5.70. The van der Waals surface area contributed by atoms with Crippen LogP contribution in [0.25, 0.3) is 0 Å². The molecule has 6 nitrogen and oxygen atoms in total. The van der Waals surface area contributed by atoms with Crippen molar-refractivity contribution < 1.29 is 9.53 Å². The number of hydrogen-bond donors (Lipinski definition) is 2. The van der Waals surface area contributed by atoms with Crippen LogP contribution in [-0.2, 0) is 4.74 Å². The second kappa shape index (κ2) is 5.72. The van der Waals surface area contributed by atoms with E-state index in [1.165, 1.54) is 11.3 Å². The van der Waals surface area contributed by atoms with E-state index in [0.29, 0.717) is 23.2 Å². The number of carbonyl (C=O) groups excluding carboxylic acids is 1. The fraction of sp³-hybridized carbons (Fsp3) is 0.462. The van der Waals surface area contributed by atoms with Crippen LogP contribution in [0.3, 0.4) is 0 Å². The molecular formula is C13H16N4O2S. The number of thiazole rings is 1. The molecule has 0 aromatic carbocycles. The fourth-order valence-corrected chi connectivity index (χ4v) is 2.99. The third-order valence-electron chi connectivity index (χ3n) is 3.39. The van der Waals surface area contributed by atoms with Gasteiger partial charge in [0.15, 0.2) is 5.82 Å². The maximum absolute atomic E-state index is 12.1. The van der Waals surface area contributed by atoms with Crippen molar-refractivity contribution in [1.29, 1.82) is 0 Å². The van der Waals surface area contributed by atoms with Gasteiger partial charge in [-0.15, -0.1) is 11.3 Å². The van der Waals surface area contributed by atoms with E-state index in [1.54, 1.807) is 5.51 Å². The van der Waals surface area contributed by atoms with Gasteiger partial charge >= 0.3 is 0 Å². The first-order valence-electron chi connectivity index (χ1n) is 6.58. The first-order valence-corrected chi connectivity index (χ1v) is 7.46. The van der Waals surface area contributed by atoms with Crippen LogP contribution in [-0.4, -0.2) is 34.3 Å². The number of nitrogens with one attached hydrogen (secondary N) is 2. The van der Waals surface area contributed by atoms with Gasteiger partial charge in [0.25, 0.3) is 5.91 Å². The van der Waals surface area contributed by atoms with Gasteiger partial charge in [-0.25, -0.2) is 4.98 Å². The lowest BCUT2D eigenvalue weighted by atomic mass is 9.99. The minimum Gasteiger partial charge on any atom is -0.381 e. The van der Waals surface area contributed by atoms with Crippen LogP contribution >= 0.6 is 11.3 Å². The standard InChI is InChI=1S/C13H16N4O2S/c1-8-12(20-7-14-8)13(18)15-11-5-10(16-17-11)9-3-2-4-19-6-9/h5,7,9H,2-4,6H2,1H3,(H2,15,16,17,18). The smallest absolute Gasteiger partial charge is 0.268 e. The molecule has 2 aromatic heterocycles. The Balaban J connectivity index is 1.68. The summed E-state index contributed by atoms with van der Waals surface area (Å²) in [5.41, 5.74) is 3.42. The van der Waals surface area contributed by atoms with E-state index in [0.717, 1.165) is 30.8 Å². The molecule has 0 bridgehead atoms. The van der Waals surface area contributed by atoms with E-state index in [9.17, 15) is 4.79 Å². The zero-order valence-corrected chi connectivity index (χ0v) is 12.0. The van der Waals surface area contributed by atoms with Crippen LogP contribution in [0, 0.1) is 6.92 Å². The van der Waals surface area contributed by atoms with E-state index < -0.39 is 0 Å². The number of nitrogens with zero attached hydrogens (tertiary/aromatic N) is 2. The molecule has 20 heavy (non-hydrogen) atoms. The Hall–Kier alpha value is -1.73. The minimum atomic E-state index is -0.164. The van der Waals surface area contributed by atoms with Gasteiger partial charge in [-0.05, 0) is 19.8 Å². The largest absolute Gasteiger partial charge is 0.381 e. The van der Waals surface area contributed by atoms with E-state index in [4.69, 9.17) is 4.74 Å². The van der Waals surface area contributed by atoms with Crippen molar-refractivity contribution in [3.05, 3.63) is 27.8 Å². The van der Waals surface area contributed by atoms with Crippen molar-refractivity contribution in [1.82, 2.24) is 15.2 Å². The van der Waals surface area contributed by atoms with E-state index in [1.807, 2.05) is 13.0 Å². The molecule has 1 aliphatic rings. The van der Waals surface area contributed by atoms with Crippen LogP contribution in [0.15, 0.2) is 11.6 Å². The Labute approximate surface area is 120 Å². The van der Waals surface area contributed by atoms with E-state index in [-0.39, 0.29) is 5.91 Å². The summed E-state index contributed by atoms with van der Waals surface area (Å²) in [7, 11) is 0. The monoisotopic (exact) mass is 292 g/mol. The molecule has 1 fully saturated rings. The molecule has 2 N–H and O–H groups in total. The summed E-state index contributed by atoms with van der Waals surface area (Å²) in [5, 5.41) is 9.92. The topological polar surface area (TPSA) is 79.9 Å². The van der Waals surface area contributed by atoms with Crippen molar-refractivity contribution in [3.8, 4) is 0 Å². The summed E-state index contributed by atoms with van der Waals surface area (Å²) >= 11 is 1.33. The van der Waals surface area contributed by atoms with Crippen molar-refractivity contribution in [2.45, 2.75) is 25.7 Å². The van der Waals surface area contributed by atoms with Crippen molar-refractivity contribution in [2.24, 2.45) is 0 Å². The lowest BCUT2D eigenvalue weighted by molar-refractivity contribution is 0.0793. The lowest BCUT2D eigenvalue weighted by Gasteiger charge is -2.20. The number of aromatic amines is 1. The Bertz CT molecular complexity index is 601. The van der Waals surface area contributed by atoms with Gasteiger partial charge < -0.3 is 10.1 Å². The minimum absolute atomic E-state index is 0.164. The van der Waals surface area contributed by atoms with Gasteiger partial charge in [0.2, 0.25) is 0 Å². The summed E-state index contributed by atoms with van der Waals surface area (Å²) in [6, 6.07) is 1.88. The molecule has 1 aliphatic heterocycles. The zero-order valence-electron chi connectivity index (χ0n) is 11.2. The number of aryl methyl sites for hydroxylation is 1. The molecule has 1 amide bonds. The predicted octanol–water partition coefficient (Wildman–Crippen LogP) is 2.32. The van der Waals surface area contributed by atoms with Crippen LogP contribution in [0.2, 0.25) is 0 Å². The molecule has 0 aliphatic carbocycles. The normalized spacial score (nSPS) is 18.9. The molecular weight excluding hydrogens is 276 g/mol. The van der Waals surface area contributed by atoms with Gasteiger partial charge in [-0.3, -0.25) is 9.89 Å². The fourth-order valence-electron chi connectivity index (χ4n) is 2.29. The second-order valence-electron chi connectivity index (χ2n) is 4.84. The number of carbonyl (C=O) groups is 1. The predicted molar refractivity (Wildman–Crippen MR) is 76.2 cm³/mol. The Kier molecular flexibility index (Phi) is 3.79. The summed E-state index contributed by atoms with van der Waals surface area (Å²) in [4.78, 5) is 16.8. The van der Waals surface area contributed by atoms with Crippen LogP contribution in [0.1, 0.15) is 39.8 Å². The highest BCUT2D eigenvalue weighted by Crippen LogP contribution is 2.25. The zero-order chi connectivity index (χ0) is 13.9. The number of aromatic nitrogens is 3. The SMILES string of the molecule is Cc1ncsc1C(=O)Nc1cc(C2CCCOC2)[nH]n1. The highest BCUT2D eigenvalue weighted by molar-refractivity contribution is 7.12.